The minimum atomic E-state index is -1.65. The Kier molecular flexibility index (Phi) is 8.53. The molecule has 1 saturated heterocycles. The summed E-state index contributed by atoms with van der Waals surface area (Å²) < 4.78 is 0.745. The topological polar surface area (TPSA) is 0 Å². The van der Waals surface area contributed by atoms with Crippen LogP contribution in [0.3, 0.4) is 0 Å². The van der Waals surface area contributed by atoms with Crippen molar-refractivity contribution in [3.05, 3.63) is 91.0 Å². The molecule has 28 heavy (non-hydrogen) atoms. The second-order valence-corrected chi connectivity index (χ2v) is 13.4. The van der Waals surface area contributed by atoms with E-state index in [0.29, 0.717) is 0 Å². The summed E-state index contributed by atoms with van der Waals surface area (Å²) in [5, 5.41) is 4.52. The van der Waals surface area contributed by atoms with Gasteiger partial charge in [-0.3, -0.25) is 0 Å². The van der Waals surface area contributed by atoms with Crippen LogP contribution >= 0.6 is 30.8 Å². The van der Waals surface area contributed by atoms with Crippen molar-refractivity contribution in [3.8, 4) is 0 Å². The van der Waals surface area contributed by atoms with Crippen LogP contribution in [0, 0.1) is 0 Å². The van der Waals surface area contributed by atoms with Crippen molar-refractivity contribution >= 4 is 46.7 Å². The van der Waals surface area contributed by atoms with Gasteiger partial charge in [-0.1, -0.05) is 54.6 Å². The Hall–Kier alpha value is -0.730. The van der Waals surface area contributed by atoms with E-state index >= 15 is 0 Å². The molecule has 0 nitrogen and oxygen atoms in total. The highest BCUT2D eigenvalue weighted by molar-refractivity contribution is 8.17. The van der Waals surface area contributed by atoms with Crippen LogP contribution in [0.15, 0.2) is 91.0 Å². The van der Waals surface area contributed by atoms with Crippen molar-refractivity contribution in [3.63, 3.8) is 0 Å². The van der Waals surface area contributed by atoms with Gasteiger partial charge in [0.2, 0.25) is 0 Å². The third-order valence-corrected chi connectivity index (χ3v) is 12.7. The van der Waals surface area contributed by atoms with E-state index in [1.807, 2.05) is 0 Å². The molecule has 1 heterocycles. The van der Waals surface area contributed by atoms with Crippen LogP contribution in [0.5, 0.6) is 0 Å². The summed E-state index contributed by atoms with van der Waals surface area (Å²) in [6, 6.07) is 33.8. The van der Waals surface area contributed by atoms with Gasteiger partial charge in [0.15, 0.2) is 0 Å². The zero-order valence-electron chi connectivity index (χ0n) is 15.9. The van der Waals surface area contributed by atoms with Crippen LogP contribution in [0.25, 0.3) is 0 Å². The number of hydrogen-bond donors (Lipinski definition) is 0. The highest BCUT2D eigenvalue weighted by atomic mass is 79.9. The summed E-state index contributed by atoms with van der Waals surface area (Å²) in [5.74, 6) is 2.65. The zero-order chi connectivity index (χ0) is 18.4. The second kappa shape index (κ2) is 10.9. The van der Waals surface area contributed by atoms with Gasteiger partial charge in [-0.05, 0) is 54.3 Å². The summed E-state index contributed by atoms with van der Waals surface area (Å²) in [5.41, 5.74) is 0. The Morgan fingerprint density at radius 1 is 0.643 bits per heavy atom. The van der Waals surface area contributed by atoms with Crippen LogP contribution < -0.4 is 32.9 Å². The van der Waals surface area contributed by atoms with Crippen LogP contribution in [0.1, 0.15) is 12.8 Å². The number of rotatable bonds is 6. The van der Waals surface area contributed by atoms with Crippen molar-refractivity contribution in [2.75, 3.05) is 17.7 Å². The Morgan fingerprint density at radius 2 is 1.04 bits per heavy atom. The Balaban J connectivity index is 0.00000225. The van der Waals surface area contributed by atoms with Gasteiger partial charge in [-0.15, -0.1) is 23.5 Å². The van der Waals surface area contributed by atoms with Gasteiger partial charge in [0.25, 0.3) is 0 Å². The van der Waals surface area contributed by atoms with Crippen LogP contribution in [-0.4, -0.2) is 22.2 Å². The second-order valence-electron chi connectivity index (χ2n) is 6.85. The normalized spacial score (nSPS) is 15.0. The molecule has 0 saturated carbocycles. The first-order valence-electron chi connectivity index (χ1n) is 9.68. The highest BCUT2D eigenvalue weighted by Gasteiger charge is 2.45. The Labute approximate surface area is 189 Å². The van der Waals surface area contributed by atoms with Gasteiger partial charge in [0, 0.05) is 6.42 Å². The predicted molar refractivity (Wildman–Crippen MR) is 128 cm³/mol. The lowest BCUT2D eigenvalue weighted by Gasteiger charge is -2.30. The molecule has 0 N–H and O–H groups in total. The molecule has 3 aromatic carbocycles. The molecular weight excluding hydrogens is 463 g/mol. The average molecular weight is 489 g/mol. The van der Waals surface area contributed by atoms with Crippen LogP contribution in [-0.2, 0) is 0 Å². The first-order valence-corrected chi connectivity index (χ1v) is 13.7. The fourth-order valence-electron chi connectivity index (χ4n) is 3.88. The molecular formula is C24H26BrPS2. The van der Waals surface area contributed by atoms with Crippen molar-refractivity contribution in [2.45, 2.75) is 17.4 Å². The summed E-state index contributed by atoms with van der Waals surface area (Å²) in [6.45, 7) is 0. The molecule has 1 aliphatic heterocycles. The van der Waals surface area contributed by atoms with E-state index in [1.165, 1.54) is 46.4 Å². The van der Waals surface area contributed by atoms with Gasteiger partial charge in [-0.2, -0.15) is 0 Å². The number of benzene rings is 3. The molecule has 0 spiro atoms. The highest BCUT2D eigenvalue weighted by Crippen LogP contribution is 2.56. The van der Waals surface area contributed by atoms with Gasteiger partial charge in [0.05, 0.1) is 10.7 Å². The van der Waals surface area contributed by atoms with E-state index in [9.17, 15) is 0 Å². The third kappa shape index (κ3) is 4.87. The molecule has 0 amide bonds. The maximum absolute atomic E-state index is 2.36. The van der Waals surface area contributed by atoms with Crippen LogP contribution in [0.2, 0.25) is 0 Å². The minimum absolute atomic E-state index is 0. The van der Waals surface area contributed by atoms with Crippen molar-refractivity contribution < 1.29 is 17.0 Å². The molecule has 4 rings (SSSR count). The molecule has 1 fully saturated rings. The predicted octanol–water partition coefficient (Wildman–Crippen LogP) is 2.57. The van der Waals surface area contributed by atoms with Gasteiger partial charge < -0.3 is 17.0 Å². The molecule has 0 aliphatic carbocycles. The maximum atomic E-state index is 2.36. The molecule has 0 bridgehead atoms. The summed E-state index contributed by atoms with van der Waals surface area (Å²) in [6.07, 6.45) is 3.89. The fraction of sp³-hybridized carbons (Fsp3) is 0.250. The number of halogens is 1. The molecule has 0 aromatic heterocycles. The fourth-order valence-corrected chi connectivity index (χ4v) is 11.5. The van der Waals surface area contributed by atoms with Crippen molar-refractivity contribution in [2.24, 2.45) is 0 Å². The Bertz CT molecular complexity index is 724. The van der Waals surface area contributed by atoms with E-state index < -0.39 is 7.26 Å². The van der Waals surface area contributed by atoms with E-state index in [-0.39, 0.29) is 17.0 Å². The molecule has 0 unspecified atom stereocenters. The molecule has 0 radical (unpaired) electrons. The van der Waals surface area contributed by atoms with Crippen molar-refractivity contribution in [1.82, 2.24) is 0 Å². The van der Waals surface area contributed by atoms with E-state index in [0.717, 1.165) is 4.58 Å². The monoisotopic (exact) mass is 488 g/mol. The third-order valence-electron chi connectivity index (χ3n) is 5.19. The first-order chi connectivity index (χ1) is 13.4. The lowest BCUT2D eigenvalue weighted by molar-refractivity contribution is -0.00000512. The summed E-state index contributed by atoms with van der Waals surface area (Å²) in [4.78, 5) is 0. The lowest BCUT2D eigenvalue weighted by atomic mass is 10.4. The van der Waals surface area contributed by atoms with Crippen LogP contribution in [0.4, 0.5) is 0 Å². The molecule has 3 aromatic rings. The maximum Gasteiger partial charge on any atom is 0.112 e. The summed E-state index contributed by atoms with van der Waals surface area (Å²) >= 11 is 4.34. The van der Waals surface area contributed by atoms with E-state index in [4.69, 9.17) is 0 Å². The molecule has 146 valence electrons. The molecule has 0 atom stereocenters. The molecule has 4 heteroatoms. The number of hydrogen-bond acceptors (Lipinski definition) is 2. The van der Waals surface area contributed by atoms with Gasteiger partial charge >= 0.3 is 0 Å². The van der Waals surface area contributed by atoms with Gasteiger partial charge in [-0.25, -0.2) is 0 Å². The van der Waals surface area contributed by atoms with Crippen molar-refractivity contribution in [1.29, 1.82) is 0 Å². The summed E-state index contributed by atoms with van der Waals surface area (Å²) in [7, 11) is -1.65. The largest absolute Gasteiger partial charge is 1.00 e. The van der Waals surface area contributed by atoms with E-state index in [2.05, 4.69) is 115 Å². The minimum Gasteiger partial charge on any atom is -1.00 e. The molecule has 1 aliphatic rings. The zero-order valence-corrected chi connectivity index (χ0v) is 20.0. The average Bonchev–Trinajstić information content (AvgIpc) is 2.77. The SMILES string of the molecule is [Br-].c1ccc([P+](CCC2SCCCS2)(c2ccccc2)c2ccccc2)cc1. The van der Waals surface area contributed by atoms with E-state index in [1.54, 1.807) is 0 Å². The smallest absolute Gasteiger partial charge is 0.112 e. The lowest BCUT2D eigenvalue weighted by Crippen LogP contribution is -3.00. The first kappa shape index (κ1) is 22.0. The Morgan fingerprint density at radius 3 is 1.43 bits per heavy atom. The standard InChI is InChI=1S/C24H26PS2.BrH/c1-4-11-21(12-5-1)25(22-13-6-2-7-14-22,23-15-8-3-9-16-23)18-17-24-26-19-10-20-27-24;/h1-9,11-16,24H,10,17-20H2;1H/q+1;/p-1. The number of thioether (sulfide) groups is 2. The quantitative estimate of drug-likeness (QED) is 0.489. The van der Waals surface area contributed by atoms with Gasteiger partial charge in [0.1, 0.15) is 23.2 Å².